The third-order valence-electron chi connectivity index (χ3n) is 4.94. The minimum absolute atomic E-state index is 0.215. The lowest BCUT2D eigenvalue weighted by atomic mass is 10.1. The van der Waals surface area contributed by atoms with Gasteiger partial charge in [-0.3, -0.25) is 9.69 Å². The van der Waals surface area contributed by atoms with Gasteiger partial charge >= 0.3 is 0 Å². The Kier molecular flexibility index (Phi) is 6.00. The van der Waals surface area contributed by atoms with E-state index < -0.39 is 6.10 Å². The number of carbonyl (C=O) groups excluding carboxylic acids is 1. The van der Waals surface area contributed by atoms with Crippen LogP contribution in [0, 0.1) is 6.92 Å². The summed E-state index contributed by atoms with van der Waals surface area (Å²) in [4.78, 5) is 20.9. The van der Waals surface area contributed by atoms with Crippen LogP contribution in [-0.4, -0.2) is 57.1 Å². The van der Waals surface area contributed by atoms with Gasteiger partial charge in [0.25, 0.3) is 5.91 Å². The molecular weight excluding hydrogens is 332 g/mol. The predicted octanol–water partition coefficient (Wildman–Crippen LogP) is 1.92. The van der Waals surface area contributed by atoms with Crippen molar-refractivity contribution < 1.29 is 14.4 Å². The van der Waals surface area contributed by atoms with Crippen LogP contribution in [0.1, 0.15) is 42.6 Å². The van der Waals surface area contributed by atoms with Crippen LogP contribution < -0.4 is 0 Å². The number of aryl methyl sites for hydroxylation is 1. The number of nitrogens with zero attached hydrogens (tertiary/aromatic N) is 4. The van der Waals surface area contributed by atoms with Crippen molar-refractivity contribution in [3.05, 3.63) is 47.6 Å². The molecule has 1 N–H and O–H groups in total. The van der Waals surface area contributed by atoms with Gasteiger partial charge in [-0.25, -0.2) is 0 Å². The van der Waals surface area contributed by atoms with E-state index in [4.69, 9.17) is 4.52 Å². The number of likely N-dealkylation sites (tertiary alicyclic amines) is 1. The number of hydrogen-bond donors (Lipinski definition) is 1. The minimum Gasteiger partial charge on any atom is -0.378 e. The highest BCUT2D eigenvalue weighted by Crippen LogP contribution is 2.21. The van der Waals surface area contributed by atoms with Gasteiger partial charge in [0, 0.05) is 26.1 Å². The molecule has 26 heavy (non-hydrogen) atoms. The van der Waals surface area contributed by atoms with E-state index in [9.17, 15) is 9.90 Å². The SMILES string of the molecule is Cc1nc(CN(C)C2CCCN(C(=O)[C@H](O)c3ccccc3)CC2)no1. The molecule has 1 aliphatic rings. The number of carbonyl (C=O) groups is 1. The zero-order valence-electron chi connectivity index (χ0n) is 15.3. The third-order valence-corrected chi connectivity index (χ3v) is 4.94. The summed E-state index contributed by atoms with van der Waals surface area (Å²) in [5.41, 5.74) is 0.642. The van der Waals surface area contributed by atoms with Gasteiger partial charge in [0.1, 0.15) is 0 Å². The van der Waals surface area contributed by atoms with Crippen molar-refractivity contribution in [2.45, 2.75) is 44.9 Å². The highest BCUT2D eigenvalue weighted by atomic mass is 16.5. The number of aliphatic hydroxyl groups is 1. The van der Waals surface area contributed by atoms with Gasteiger partial charge in [-0.05, 0) is 31.9 Å². The first kappa shape index (κ1) is 18.5. The Hall–Kier alpha value is -2.25. The number of rotatable bonds is 5. The second kappa shape index (κ2) is 8.42. The molecule has 2 heterocycles. The second-order valence-corrected chi connectivity index (χ2v) is 6.87. The van der Waals surface area contributed by atoms with Crippen LogP contribution >= 0.6 is 0 Å². The van der Waals surface area contributed by atoms with Gasteiger partial charge in [-0.15, -0.1) is 0 Å². The third kappa shape index (κ3) is 4.47. The van der Waals surface area contributed by atoms with Crippen LogP contribution in [0.5, 0.6) is 0 Å². The molecule has 2 aromatic rings. The zero-order chi connectivity index (χ0) is 18.5. The standard InChI is InChI=1S/C19H26N4O3/c1-14-20-17(21-26-14)13-22(2)16-9-6-11-23(12-10-16)19(25)18(24)15-7-4-3-5-8-15/h3-5,7-8,16,18,24H,6,9-13H2,1-2H3/t16?,18-/m1/s1. The maximum atomic E-state index is 12.7. The van der Waals surface area contributed by atoms with Crippen LogP contribution in [0.15, 0.2) is 34.9 Å². The lowest BCUT2D eigenvalue weighted by Gasteiger charge is -2.26. The van der Waals surface area contributed by atoms with E-state index in [1.807, 2.05) is 25.2 Å². The Labute approximate surface area is 153 Å². The van der Waals surface area contributed by atoms with Crippen LogP contribution in [-0.2, 0) is 11.3 Å². The van der Waals surface area contributed by atoms with Crippen LogP contribution in [0.3, 0.4) is 0 Å². The molecule has 0 radical (unpaired) electrons. The van der Waals surface area contributed by atoms with E-state index in [1.54, 1.807) is 24.0 Å². The Balaban J connectivity index is 1.56. The van der Waals surface area contributed by atoms with Gasteiger partial charge in [0.05, 0.1) is 6.54 Å². The smallest absolute Gasteiger partial charge is 0.256 e. The number of benzene rings is 1. The molecule has 140 valence electrons. The maximum Gasteiger partial charge on any atom is 0.256 e. The van der Waals surface area contributed by atoms with E-state index in [0.29, 0.717) is 43.0 Å². The normalized spacial score (nSPS) is 19.4. The van der Waals surface area contributed by atoms with Crippen LogP contribution in [0.4, 0.5) is 0 Å². The molecule has 1 unspecified atom stereocenters. The van der Waals surface area contributed by atoms with Crippen molar-refractivity contribution >= 4 is 5.91 Å². The van der Waals surface area contributed by atoms with Crippen molar-refractivity contribution in [3.63, 3.8) is 0 Å². The molecule has 7 heteroatoms. The number of aromatic nitrogens is 2. The van der Waals surface area contributed by atoms with Gasteiger partial charge in [0.2, 0.25) is 5.89 Å². The molecule has 0 spiro atoms. The van der Waals surface area contributed by atoms with Gasteiger partial charge in [-0.2, -0.15) is 4.98 Å². The van der Waals surface area contributed by atoms with Gasteiger partial charge in [0.15, 0.2) is 11.9 Å². The molecule has 0 saturated carbocycles. The molecule has 1 amide bonds. The molecule has 1 aromatic carbocycles. The lowest BCUT2D eigenvalue weighted by molar-refractivity contribution is -0.140. The number of amides is 1. The molecule has 0 bridgehead atoms. The Morgan fingerprint density at radius 1 is 1.35 bits per heavy atom. The Morgan fingerprint density at radius 3 is 2.81 bits per heavy atom. The van der Waals surface area contributed by atoms with Crippen molar-refractivity contribution in [1.29, 1.82) is 0 Å². The maximum absolute atomic E-state index is 12.7. The average Bonchev–Trinajstić information content (AvgIpc) is 2.92. The molecule has 1 fully saturated rings. The zero-order valence-corrected chi connectivity index (χ0v) is 15.3. The molecule has 2 atom stereocenters. The van der Waals surface area contributed by atoms with Crippen molar-refractivity contribution in [3.8, 4) is 0 Å². The summed E-state index contributed by atoms with van der Waals surface area (Å²) in [6, 6.07) is 9.45. The quantitative estimate of drug-likeness (QED) is 0.879. The fourth-order valence-corrected chi connectivity index (χ4v) is 3.45. The minimum atomic E-state index is -1.09. The molecular formula is C19H26N4O3. The van der Waals surface area contributed by atoms with E-state index in [0.717, 1.165) is 19.3 Å². The fraction of sp³-hybridized carbons (Fsp3) is 0.526. The van der Waals surface area contributed by atoms with E-state index in [1.165, 1.54) is 0 Å². The molecule has 7 nitrogen and oxygen atoms in total. The molecule has 3 rings (SSSR count). The highest BCUT2D eigenvalue weighted by molar-refractivity contribution is 5.82. The average molecular weight is 358 g/mol. The van der Waals surface area contributed by atoms with Gasteiger partial charge in [-0.1, -0.05) is 35.5 Å². The van der Waals surface area contributed by atoms with E-state index >= 15 is 0 Å². The highest BCUT2D eigenvalue weighted by Gasteiger charge is 2.27. The summed E-state index contributed by atoms with van der Waals surface area (Å²) < 4.78 is 5.03. The summed E-state index contributed by atoms with van der Waals surface area (Å²) in [6.07, 6.45) is 1.68. The van der Waals surface area contributed by atoms with Crippen LogP contribution in [0.2, 0.25) is 0 Å². The lowest BCUT2D eigenvalue weighted by Crippen LogP contribution is -2.37. The monoisotopic (exact) mass is 358 g/mol. The first-order valence-corrected chi connectivity index (χ1v) is 9.06. The summed E-state index contributed by atoms with van der Waals surface area (Å²) in [6.45, 7) is 3.73. The number of aliphatic hydroxyl groups excluding tert-OH is 1. The topological polar surface area (TPSA) is 82.7 Å². The van der Waals surface area contributed by atoms with Crippen molar-refractivity contribution in [2.75, 3.05) is 20.1 Å². The van der Waals surface area contributed by atoms with Gasteiger partial charge < -0.3 is 14.5 Å². The van der Waals surface area contributed by atoms with Crippen LogP contribution in [0.25, 0.3) is 0 Å². The Bertz CT molecular complexity index is 719. The largest absolute Gasteiger partial charge is 0.378 e. The van der Waals surface area contributed by atoms with E-state index in [-0.39, 0.29) is 5.91 Å². The summed E-state index contributed by atoms with van der Waals surface area (Å²) >= 11 is 0. The molecule has 1 aromatic heterocycles. The summed E-state index contributed by atoms with van der Waals surface area (Å²) in [7, 11) is 2.05. The fourth-order valence-electron chi connectivity index (χ4n) is 3.45. The van der Waals surface area contributed by atoms with E-state index in [2.05, 4.69) is 15.0 Å². The van der Waals surface area contributed by atoms with Crippen molar-refractivity contribution in [1.82, 2.24) is 19.9 Å². The summed E-state index contributed by atoms with van der Waals surface area (Å²) in [5, 5.41) is 14.3. The summed E-state index contributed by atoms with van der Waals surface area (Å²) in [5.74, 6) is 1.04. The second-order valence-electron chi connectivity index (χ2n) is 6.87. The van der Waals surface area contributed by atoms with Crippen molar-refractivity contribution in [2.24, 2.45) is 0 Å². The molecule has 0 aliphatic carbocycles. The molecule has 1 saturated heterocycles. The Morgan fingerprint density at radius 2 is 2.12 bits per heavy atom. The molecule has 1 aliphatic heterocycles. The first-order chi connectivity index (χ1) is 12.5. The number of hydrogen-bond acceptors (Lipinski definition) is 6. The first-order valence-electron chi connectivity index (χ1n) is 9.06. The predicted molar refractivity (Wildman–Crippen MR) is 96.1 cm³/mol.